The van der Waals surface area contributed by atoms with Gasteiger partial charge in [-0.05, 0) is 31.9 Å². The molecule has 1 fully saturated rings. The van der Waals surface area contributed by atoms with Crippen molar-refractivity contribution in [3.63, 3.8) is 0 Å². The molecule has 0 bridgehead atoms. The normalized spacial score (nSPS) is 14.0. The van der Waals surface area contributed by atoms with Gasteiger partial charge in [-0.2, -0.15) is 0 Å². The van der Waals surface area contributed by atoms with E-state index in [2.05, 4.69) is 9.97 Å². The number of carboxylic acids is 1. The first-order valence-corrected chi connectivity index (χ1v) is 7.03. The van der Waals surface area contributed by atoms with E-state index in [0.29, 0.717) is 23.9 Å². The van der Waals surface area contributed by atoms with E-state index in [4.69, 9.17) is 4.74 Å². The molecule has 21 heavy (non-hydrogen) atoms. The molecule has 0 unspecified atom stereocenters. The average Bonchev–Trinajstić information content (AvgIpc) is 3.32. The molecule has 3 rings (SSSR count). The van der Waals surface area contributed by atoms with Gasteiger partial charge in [0.25, 0.3) is 0 Å². The molecule has 0 saturated heterocycles. The lowest BCUT2D eigenvalue weighted by molar-refractivity contribution is 0.0694. The van der Waals surface area contributed by atoms with Gasteiger partial charge in [-0.15, -0.1) is 0 Å². The van der Waals surface area contributed by atoms with Crippen LogP contribution < -0.4 is 4.74 Å². The van der Waals surface area contributed by atoms with Gasteiger partial charge in [0.1, 0.15) is 5.75 Å². The summed E-state index contributed by atoms with van der Waals surface area (Å²) in [5.41, 5.74) is 1.63. The molecule has 0 spiro atoms. The zero-order valence-electron chi connectivity index (χ0n) is 11.7. The first-order valence-electron chi connectivity index (χ1n) is 7.03. The van der Waals surface area contributed by atoms with Crippen LogP contribution in [0.25, 0.3) is 11.4 Å². The molecule has 2 aromatic rings. The minimum atomic E-state index is -0.971. The number of aromatic nitrogens is 2. The van der Waals surface area contributed by atoms with Crippen LogP contribution in [0.1, 0.15) is 41.7 Å². The largest absolute Gasteiger partial charge is 0.493 e. The number of ether oxygens (including phenoxy) is 1. The van der Waals surface area contributed by atoms with Crippen molar-refractivity contribution >= 4 is 5.97 Å². The number of benzene rings is 1. The summed E-state index contributed by atoms with van der Waals surface area (Å²) in [6.45, 7) is 2.47. The lowest BCUT2D eigenvalue weighted by Crippen LogP contribution is -2.07. The summed E-state index contributed by atoms with van der Waals surface area (Å²) in [4.78, 5) is 20.0. The zero-order chi connectivity index (χ0) is 14.8. The van der Waals surface area contributed by atoms with Crippen LogP contribution in [0, 0.1) is 0 Å². The first kappa shape index (κ1) is 13.5. The third kappa shape index (κ3) is 2.72. The molecule has 0 atom stereocenters. The maximum Gasteiger partial charge on any atom is 0.339 e. The third-order valence-corrected chi connectivity index (χ3v) is 3.44. The highest BCUT2D eigenvalue weighted by Crippen LogP contribution is 2.41. The van der Waals surface area contributed by atoms with Crippen molar-refractivity contribution in [2.45, 2.75) is 25.7 Å². The highest BCUT2D eigenvalue weighted by Gasteiger charge is 2.30. The van der Waals surface area contributed by atoms with Crippen LogP contribution in [0.4, 0.5) is 0 Å². The summed E-state index contributed by atoms with van der Waals surface area (Å²) < 4.78 is 5.59. The van der Waals surface area contributed by atoms with Crippen molar-refractivity contribution in [1.29, 1.82) is 0 Å². The van der Waals surface area contributed by atoms with E-state index in [-0.39, 0.29) is 11.5 Å². The van der Waals surface area contributed by atoms with Gasteiger partial charge in [-0.25, -0.2) is 14.8 Å². The monoisotopic (exact) mass is 284 g/mol. The van der Waals surface area contributed by atoms with Crippen molar-refractivity contribution in [1.82, 2.24) is 9.97 Å². The van der Waals surface area contributed by atoms with Gasteiger partial charge >= 0.3 is 5.97 Å². The van der Waals surface area contributed by atoms with Crippen LogP contribution in [0.5, 0.6) is 5.75 Å². The molecule has 0 radical (unpaired) electrons. The summed E-state index contributed by atoms with van der Waals surface area (Å²) >= 11 is 0. The van der Waals surface area contributed by atoms with E-state index >= 15 is 0 Å². The van der Waals surface area contributed by atoms with Crippen molar-refractivity contribution in [2.24, 2.45) is 0 Å². The number of rotatable bonds is 5. The average molecular weight is 284 g/mol. The minimum absolute atomic E-state index is 0.204. The van der Waals surface area contributed by atoms with Crippen LogP contribution in [-0.4, -0.2) is 27.7 Å². The van der Waals surface area contributed by atoms with Crippen LogP contribution in [-0.2, 0) is 0 Å². The standard InChI is InChI=1S/C16H16N2O3/c1-2-21-13-6-4-3-5-11(13)15-17-9-12(16(19)20)14(18-15)10-7-8-10/h3-6,9-10H,2,7-8H2,1H3,(H,19,20). The van der Waals surface area contributed by atoms with Crippen LogP contribution >= 0.6 is 0 Å². The molecule has 5 heteroatoms. The Hall–Kier alpha value is -2.43. The third-order valence-electron chi connectivity index (χ3n) is 3.44. The number of carbonyl (C=O) groups is 1. The maximum atomic E-state index is 11.3. The Labute approximate surface area is 122 Å². The first-order chi connectivity index (χ1) is 10.2. The van der Waals surface area contributed by atoms with Gasteiger partial charge in [-0.1, -0.05) is 12.1 Å². The summed E-state index contributed by atoms with van der Waals surface area (Å²) in [6.07, 6.45) is 3.38. The van der Waals surface area contributed by atoms with Crippen molar-refractivity contribution < 1.29 is 14.6 Å². The highest BCUT2D eigenvalue weighted by atomic mass is 16.5. The smallest absolute Gasteiger partial charge is 0.339 e. The van der Waals surface area contributed by atoms with Crippen molar-refractivity contribution in [2.75, 3.05) is 6.61 Å². The summed E-state index contributed by atoms with van der Waals surface area (Å²) in [5, 5.41) is 9.24. The summed E-state index contributed by atoms with van der Waals surface area (Å²) in [5.74, 6) is 0.509. The molecule has 1 aliphatic rings. The summed E-state index contributed by atoms with van der Waals surface area (Å²) in [7, 11) is 0. The van der Waals surface area contributed by atoms with Gasteiger partial charge < -0.3 is 9.84 Å². The number of hydrogen-bond donors (Lipinski definition) is 1. The number of aromatic carboxylic acids is 1. The Morgan fingerprint density at radius 3 is 2.81 bits per heavy atom. The van der Waals surface area contributed by atoms with Gasteiger partial charge in [0.05, 0.1) is 23.4 Å². The van der Waals surface area contributed by atoms with E-state index in [1.165, 1.54) is 6.20 Å². The zero-order valence-corrected chi connectivity index (χ0v) is 11.7. The second-order valence-corrected chi connectivity index (χ2v) is 5.00. The van der Waals surface area contributed by atoms with Crippen LogP contribution in [0.15, 0.2) is 30.5 Å². The van der Waals surface area contributed by atoms with Gasteiger partial charge in [0.15, 0.2) is 5.82 Å². The van der Waals surface area contributed by atoms with Gasteiger partial charge in [0, 0.05) is 12.1 Å². The molecule has 1 N–H and O–H groups in total. The molecule has 1 heterocycles. The predicted molar refractivity (Wildman–Crippen MR) is 77.6 cm³/mol. The SMILES string of the molecule is CCOc1ccccc1-c1ncc(C(=O)O)c(C2CC2)n1. The highest BCUT2D eigenvalue weighted by molar-refractivity contribution is 5.89. The Morgan fingerprint density at radius 1 is 1.38 bits per heavy atom. The quantitative estimate of drug-likeness (QED) is 0.913. The van der Waals surface area contributed by atoms with E-state index in [1.54, 1.807) is 0 Å². The molecular formula is C16H16N2O3. The molecule has 1 aromatic heterocycles. The van der Waals surface area contributed by atoms with Gasteiger partial charge in [0.2, 0.25) is 0 Å². The predicted octanol–water partition coefficient (Wildman–Crippen LogP) is 3.12. The second kappa shape index (κ2) is 5.52. The molecule has 1 saturated carbocycles. The lowest BCUT2D eigenvalue weighted by Gasteiger charge is -2.10. The van der Waals surface area contributed by atoms with Gasteiger partial charge in [-0.3, -0.25) is 0 Å². The van der Waals surface area contributed by atoms with E-state index < -0.39 is 5.97 Å². The molecular weight excluding hydrogens is 268 g/mol. The van der Waals surface area contributed by atoms with Crippen LogP contribution in [0.3, 0.4) is 0 Å². The Bertz CT molecular complexity index is 681. The fourth-order valence-corrected chi connectivity index (χ4v) is 2.29. The maximum absolute atomic E-state index is 11.3. The minimum Gasteiger partial charge on any atom is -0.493 e. The number of para-hydroxylation sites is 1. The fourth-order valence-electron chi connectivity index (χ4n) is 2.29. The Morgan fingerprint density at radius 2 is 2.14 bits per heavy atom. The molecule has 108 valence electrons. The van der Waals surface area contributed by atoms with Crippen LogP contribution in [0.2, 0.25) is 0 Å². The topological polar surface area (TPSA) is 72.3 Å². The molecule has 5 nitrogen and oxygen atoms in total. The van der Waals surface area contributed by atoms with E-state index in [9.17, 15) is 9.90 Å². The summed E-state index contributed by atoms with van der Waals surface area (Å²) in [6, 6.07) is 7.53. The van der Waals surface area contributed by atoms with Crippen molar-refractivity contribution in [3.8, 4) is 17.1 Å². The lowest BCUT2D eigenvalue weighted by atomic mass is 10.1. The molecule has 1 aliphatic carbocycles. The second-order valence-electron chi connectivity index (χ2n) is 5.00. The Balaban J connectivity index is 2.07. The number of carboxylic acid groups (broad SMARTS) is 1. The fraction of sp³-hybridized carbons (Fsp3) is 0.312. The molecule has 1 aromatic carbocycles. The number of nitrogens with zero attached hydrogens (tertiary/aromatic N) is 2. The molecule has 0 amide bonds. The number of hydrogen-bond acceptors (Lipinski definition) is 4. The molecule has 0 aliphatic heterocycles. The van der Waals surface area contributed by atoms with E-state index in [0.717, 1.165) is 18.4 Å². The van der Waals surface area contributed by atoms with Crippen molar-refractivity contribution in [3.05, 3.63) is 41.7 Å². The van der Waals surface area contributed by atoms with E-state index in [1.807, 2.05) is 31.2 Å². The Kier molecular flexibility index (Phi) is 3.56.